The second kappa shape index (κ2) is 4.67. The lowest BCUT2D eigenvalue weighted by Crippen LogP contribution is -2.37. The third-order valence-electron chi connectivity index (χ3n) is 3.05. The van der Waals surface area contributed by atoms with Gasteiger partial charge in [-0.2, -0.15) is 11.8 Å². The molecule has 2 aliphatic rings. The van der Waals surface area contributed by atoms with Crippen LogP contribution in [0.4, 0.5) is 0 Å². The van der Waals surface area contributed by atoms with Crippen LogP contribution in [0.25, 0.3) is 0 Å². The number of ether oxygens (including phenoxy) is 1. The zero-order valence-electron chi connectivity index (χ0n) is 8.29. The molecular weight excluding hydrogens is 182 g/mol. The lowest BCUT2D eigenvalue weighted by Gasteiger charge is -2.20. The SMILES string of the molecule is CC1CCNC(C2CCOC2)CS1. The lowest BCUT2D eigenvalue weighted by molar-refractivity contribution is 0.179. The van der Waals surface area contributed by atoms with Crippen LogP contribution in [-0.4, -0.2) is 36.8 Å². The van der Waals surface area contributed by atoms with Gasteiger partial charge in [0.1, 0.15) is 0 Å². The second-order valence-electron chi connectivity index (χ2n) is 4.12. The van der Waals surface area contributed by atoms with E-state index < -0.39 is 0 Å². The average molecular weight is 201 g/mol. The number of thioether (sulfide) groups is 1. The quantitative estimate of drug-likeness (QED) is 0.695. The van der Waals surface area contributed by atoms with Crippen molar-refractivity contribution in [2.45, 2.75) is 31.1 Å². The van der Waals surface area contributed by atoms with Crippen LogP contribution in [0.3, 0.4) is 0 Å². The van der Waals surface area contributed by atoms with Gasteiger partial charge in [-0.1, -0.05) is 6.92 Å². The van der Waals surface area contributed by atoms with Gasteiger partial charge in [-0.25, -0.2) is 0 Å². The first-order valence-electron chi connectivity index (χ1n) is 5.29. The predicted molar refractivity (Wildman–Crippen MR) is 57.3 cm³/mol. The van der Waals surface area contributed by atoms with E-state index in [1.54, 1.807) is 0 Å². The molecule has 2 heterocycles. The van der Waals surface area contributed by atoms with Crippen LogP contribution in [0.15, 0.2) is 0 Å². The fourth-order valence-electron chi connectivity index (χ4n) is 2.06. The van der Waals surface area contributed by atoms with Crippen molar-refractivity contribution in [2.24, 2.45) is 5.92 Å². The molecule has 0 bridgehead atoms. The average Bonchev–Trinajstić information content (AvgIpc) is 2.56. The molecule has 0 amide bonds. The van der Waals surface area contributed by atoms with Crippen molar-refractivity contribution in [1.29, 1.82) is 0 Å². The summed E-state index contributed by atoms with van der Waals surface area (Å²) in [6, 6.07) is 0.706. The van der Waals surface area contributed by atoms with Crippen LogP contribution in [-0.2, 0) is 4.74 Å². The molecule has 0 aromatic rings. The van der Waals surface area contributed by atoms with Crippen molar-refractivity contribution < 1.29 is 4.74 Å². The highest BCUT2D eigenvalue weighted by Gasteiger charge is 2.27. The Morgan fingerprint density at radius 1 is 1.38 bits per heavy atom. The Labute approximate surface area is 84.8 Å². The molecule has 3 heteroatoms. The molecule has 2 rings (SSSR count). The van der Waals surface area contributed by atoms with Gasteiger partial charge in [0.2, 0.25) is 0 Å². The normalized spacial score (nSPS) is 41.8. The van der Waals surface area contributed by atoms with Crippen LogP contribution in [0.2, 0.25) is 0 Å². The highest BCUT2D eigenvalue weighted by Crippen LogP contribution is 2.25. The Balaban J connectivity index is 1.84. The highest BCUT2D eigenvalue weighted by molar-refractivity contribution is 7.99. The van der Waals surface area contributed by atoms with Crippen molar-refractivity contribution in [3.63, 3.8) is 0 Å². The Morgan fingerprint density at radius 3 is 3.08 bits per heavy atom. The van der Waals surface area contributed by atoms with Gasteiger partial charge in [-0.15, -0.1) is 0 Å². The molecule has 0 aromatic heterocycles. The minimum absolute atomic E-state index is 0.706. The summed E-state index contributed by atoms with van der Waals surface area (Å²) < 4.78 is 5.43. The van der Waals surface area contributed by atoms with Crippen LogP contribution < -0.4 is 5.32 Å². The highest BCUT2D eigenvalue weighted by atomic mass is 32.2. The van der Waals surface area contributed by atoms with Crippen molar-refractivity contribution in [1.82, 2.24) is 5.32 Å². The van der Waals surface area contributed by atoms with E-state index in [2.05, 4.69) is 24.0 Å². The third-order valence-corrected chi connectivity index (χ3v) is 4.41. The Bertz CT molecular complexity index is 159. The van der Waals surface area contributed by atoms with E-state index in [0.717, 1.165) is 24.4 Å². The molecule has 2 aliphatic heterocycles. The first-order valence-corrected chi connectivity index (χ1v) is 6.34. The molecule has 3 unspecified atom stereocenters. The summed E-state index contributed by atoms with van der Waals surface area (Å²) in [6.07, 6.45) is 2.57. The van der Waals surface area contributed by atoms with Crippen molar-refractivity contribution in [3.8, 4) is 0 Å². The van der Waals surface area contributed by atoms with Gasteiger partial charge in [-0.3, -0.25) is 0 Å². The minimum Gasteiger partial charge on any atom is -0.381 e. The summed E-state index contributed by atoms with van der Waals surface area (Å²) in [5.41, 5.74) is 0. The zero-order chi connectivity index (χ0) is 9.10. The molecule has 0 radical (unpaired) electrons. The molecule has 1 N–H and O–H groups in total. The molecule has 0 saturated carbocycles. The topological polar surface area (TPSA) is 21.3 Å². The minimum atomic E-state index is 0.706. The maximum absolute atomic E-state index is 5.43. The van der Waals surface area contributed by atoms with Gasteiger partial charge in [0, 0.05) is 29.6 Å². The summed E-state index contributed by atoms with van der Waals surface area (Å²) in [7, 11) is 0. The Hall–Kier alpha value is 0.270. The monoisotopic (exact) mass is 201 g/mol. The molecule has 0 aliphatic carbocycles. The number of hydrogen-bond donors (Lipinski definition) is 1. The van der Waals surface area contributed by atoms with Gasteiger partial charge in [0.05, 0.1) is 6.61 Å². The summed E-state index contributed by atoms with van der Waals surface area (Å²) in [6.45, 7) is 5.48. The third kappa shape index (κ3) is 2.61. The van der Waals surface area contributed by atoms with E-state index >= 15 is 0 Å². The summed E-state index contributed by atoms with van der Waals surface area (Å²) in [5, 5.41) is 4.49. The largest absolute Gasteiger partial charge is 0.381 e. The van der Waals surface area contributed by atoms with Crippen LogP contribution in [0, 0.1) is 5.92 Å². The first-order chi connectivity index (χ1) is 6.36. The smallest absolute Gasteiger partial charge is 0.0510 e. The number of hydrogen-bond acceptors (Lipinski definition) is 3. The maximum Gasteiger partial charge on any atom is 0.0510 e. The van der Waals surface area contributed by atoms with E-state index in [1.807, 2.05) is 0 Å². The zero-order valence-corrected chi connectivity index (χ0v) is 9.11. The lowest BCUT2D eigenvalue weighted by atomic mass is 10.0. The second-order valence-corrected chi connectivity index (χ2v) is 5.59. The fourth-order valence-corrected chi connectivity index (χ4v) is 3.27. The van der Waals surface area contributed by atoms with Gasteiger partial charge in [0.15, 0.2) is 0 Å². The Kier molecular flexibility index (Phi) is 3.52. The van der Waals surface area contributed by atoms with E-state index in [4.69, 9.17) is 4.74 Å². The van der Waals surface area contributed by atoms with Gasteiger partial charge >= 0.3 is 0 Å². The van der Waals surface area contributed by atoms with Crippen LogP contribution >= 0.6 is 11.8 Å². The molecule has 13 heavy (non-hydrogen) atoms. The standard InChI is InChI=1S/C10H19NOS/c1-8-2-4-11-10(7-13-8)9-3-5-12-6-9/h8-11H,2-7H2,1H3. The van der Waals surface area contributed by atoms with Crippen LogP contribution in [0.5, 0.6) is 0 Å². The molecule has 2 nitrogen and oxygen atoms in total. The van der Waals surface area contributed by atoms with Crippen molar-refractivity contribution in [2.75, 3.05) is 25.5 Å². The summed E-state index contributed by atoms with van der Waals surface area (Å²) in [4.78, 5) is 0. The molecular formula is C10H19NOS. The van der Waals surface area contributed by atoms with E-state index in [0.29, 0.717) is 6.04 Å². The molecule has 0 aromatic carbocycles. The van der Waals surface area contributed by atoms with E-state index in [-0.39, 0.29) is 0 Å². The van der Waals surface area contributed by atoms with Gasteiger partial charge < -0.3 is 10.1 Å². The molecule has 2 saturated heterocycles. The van der Waals surface area contributed by atoms with E-state index in [1.165, 1.54) is 25.1 Å². The predicted octanol–water partition coefficient (Wildman–Crippen LogP) is 1.51. The van der Waals surface area contributed by atoms with Crippen molar-refractivity contribution >= 4 is 11.8 Å². The van der Waals surface area contributed by atoms with E-state index in [9.17, 15) is 0 Å². The summed E-state index contributed by atoms with van der Waals surface area (Å²) in [5.74, 6) is 2.05. The number of rotatable bonds is 1. The fraction of sp³-hybridized carbons (Fsp3) is 1.00. The maximum atomic E-state index is 5.43. The van der Waals surface area contributed by atoms with Gasteiger partial charge in [-0.05, 0) is 19.4 Å². The molecule has 76 valence electrons. The number of nitrogens with one attached hydrogen (secondary N) is 1. The molecule has 3 atom stereocenters. The Morgan fingerprint density at radius 2 is 2.31 bits per heavy atom. The van der Waals surface area contributed by atoms with Crippen molar-refractivity contribution in [3.05, 3.63) is 0 Å². The summed E-state index contributed by atoms with van der Waals surface area (Å²) >= 11 is 2.12. The first kappa shape index (κ1) is 9.81. The van der Waals surface area contributed by atoms with Crippen LogP contribution in [0.1, 0.15) is 19.8 Å². The molecule has 2 fully saturated rings. The molecule has 0 spiro atoms. The van der Waals surface area contributed by atoms with Gasteiger partial charge in [0.25, 0.3) is 0 Å².